The average molecular weight is 306 g/mol. The van der Waals surface area contributed by atoms with Crippen molar-refractivity contribution in [3.8, 4) is 0 Å². The van der Waals surface area contributed by atoms with Crippen LogP contribution in [0.5, 0.6) is 0 Å². The quantitative estimate of drug-likeness (QED) is 0.694. The van der Waals surface area contributed by atoms with Crippen LogP contribution in [0.3, 0.4) is 0 Å². The second-order valence-electron chi connectivity index (χ2n) is 6.23. The number of benzene rings is 2. The Bertz CT molecular complexity index is 886. The lowest BCUT2D eigenvalue weighted by atomic mass is 9.92. The van der Waals surface area contributed by atoms with Crippen molar-refractivity contribution in [2.45, 2.75) is 32.6 Å². The lowest BCUT2D eigenvalue weighted by Crippen LogP contribution is -2.09. The maximum atomic E-state index is 13.9. The molecule has 1 heterocycles. The Labute approximate surface area is 135 Å². The van der Waals surface area contributed by atoms with Gasteiger partial charge in [-0.1, -0.05) is 24.3 Å². The third kappa shape index (κ3) is 2.56. The fourth-order valence-corrected chi connectivity index (χ4v) is 3.33. The van der Waals surface area contributed by atoms with Gasteiger partial charge in [-0.25, -0.2) is 4.39 Å². The molecule has 0 radical (unpaired) electrons. The minimum absolute atomic E-state index is 0.178. The largest absolute Gasteiger partial charge is 0.355 e. The van der Waals surface area contributed by atoms with Crippen molar-refractivity contribution in [3.63, 3.8) is 0 Å². The van der Waals surface area contributed by atoms with Crippen LogP contribution >= 0.6 is 0 Å². The van der Waals surface area contributed by atoms with E-state index in [9.17, 15) is 4.39 Å². The molecule has 1 N–H and O–H groups in total. The maximum absolute atomic E-state index is 13.9. The summed E-state index contributed by atoms with van der Waals surface area (Å²) >= 11 is 0. The number of rotatable bonds is 2. The molecule has 1 aliphatic rings. The van der Waals surface area contributed by atoms with Gasteiger partial charge in [0.1, 0.15) is 5.82 Å². The topological polar surface area (TPSA) is 24.9 Å². The Morgan fingerprint density at radius 3 is 2.74 bits per heavy atom. The zero-order valence-corrected chi connectivity index (χ0v) is 13.2. The van der Waals surface area contributed by atoms with Gasteiger partial charge in [0.25, 0.3) is 0 Å². The van der Waals surface area contributed by atoms with E-state index in [4.69, 9.17) is 4.98 Å². The summed E-state index contributed by atoms with van der Waals surface area (Å²) in [5.41, 5.74) is 6.02. The van der Waals surface area contributed by atoms with Gasteiger partial charge in [-0.2, -0.15) is 0 Å². The summed E-state index contributed by atoms with van der Waals surface area (Å²) < 4.78 is 13.9. The van der Waals surface area contributed by atoms with E-state index in [2.05, 4.69) is 11.4 Å². The third-order valence-corrected chi connectivity index (χ3v) is 4.61. The second kappa shape index (κ2) is 5.65. The van der Waals surface area contributed by atoms with Crippen molar-refractivity contribution < 1.29 is 4.39 Å². The fourth-order valence-electron chi connectivity index (χ4n) is 3.33. The van der Waals surface area contributed by atoms with Gasteiger partial charge in [0.05, 0.1) is 11.2 Å². The van der Waals surface area contributed by atoms with Crippen molar-refractivity contribution in [3.05, 3.63) is 65.1 Å². The smallest absolute Gasteiger partial charge is 0.128 e. The van der Waals surface area contributed by atoms with Gasteiger partial charge >= 0.3 is 0 Å². The summed E-state index contributed by atoms with van der Waals surface area (Å²) in [6, 6.07) is 13.5. The number of halogens is 1. The Hall–Kier alpha value is -2.42. The number of anilines is 2. The second-order valence-corrected chi connectivity index (χ2v) is 6.23. The van der Waals surface area contributed by atoms with Crippen LogP contribution in [-0.4, -0.2) is 4.98 Å². The summed E-state index contributed by atoms with van der Waals surface area (Å²) in [4.78, 5) is 4.84. The monoisotopic (exact) mass is 306 g/mol. The minimum Gasteiger partial charge on any atom is -0.355 e. The highest BCUT2D eigenvalue weighted by Gasteiger charge is 2.18. The molecule has 2 aromatic carbocycles. The molecule has 0 amide bonds. The molecule has 0 saturated heterocycles. The van der Waals surface area contributed by atoms with Crippen molar-refractivity contribution in [2.24, 2.45) is 0 Å². The van der Waals surface area contributed by atoms with Crippen molar-refractivity contribution in [2.75, 3.05) is 5.32 Å². The predicted molar refractivity (Wildman–Crippen MR) is 92.8 cm³/mol. The van der Waals surface area contributed by atoms with Gasteiger partial charge < -0.3 is 5.32 Å². The van der Waals surface area contributed by atoms with Crippen LogP contribution in [0, 0.1) is 12.7 Å². The first-order chi connectivity index (χ1) is 11.2. The molecule has 0 spiro atoms. The van der Waals surface area contributed by atoms with Crippen LogP contribution in [0.25, 0.3) is 10.9 Å². The normalized spacial score (nSPS) is 13.8. The van der Waals surface area contributed by atoms with Crippen molar-refractivity contribution >= 4 is 22.3 Å². The number of fused-ring (bicyclic) bond motifs is 2. The number of nitrogens with zero attached hydrogens (tertiary/aromatic N) is 1. The summed E-state index contributed by atoms with van der Waals surface area (Å²) in [6.45, 7) is 1.78. The fraction of sp³-hybridized carbons (Fsp3) is 0.250. The van der Waals surface area contributed by atoms with Gasteiger partial charge in [-0.15, -0.1) is 0 Å². The molecule has 3 heteroatoms. The molecular formula is C20H19FN2. The van der Waals surface area contributed by atoms with E-state index < -0.39 is 0 Å². The van der Waals surface area contributed by atoms with Gasteiger partial charge in [0, 0.05) is 16.8 Å². The third-order valence-electron chi connectivity index (χ3n) is 4.61. The highest BCUT2D eigenvalue weighted by molar-refractivity contribution is 5.95. The molecule has 1 aliphatic carbocycles. The standard InChI is InChI=1S/C20H19FN2/c1-13-10-11-14(12-17(13)21)22-20-15-6-2-4-8-18(15)23-19-9-5-3-7-16(19)20/h2,4,6,8,10-12H,3,5,7,9H2,1H3,(H,22,23). The zero-order chi connectivity index (χ0) is 15.8. The lowest BCUT2D eigenvalue weighted by Gasteiger charge is -2.21. The summed E-state index contributed by atoms with van der Waals surface area (Å²) in [6.07, 6.45) is 4.43. The number of hydrogen-bond acceptors (Lipinski definition) is 2. The first-order valence-corrected chi connectivity index (χ1v) is 8.16. The number of pyridine rings is 1. The number of aryl methyl sites for hydroxylation is 2. The Morgan fingerprint density at radius 2 is 1.87 bits per heavy atom. The summed E-state index contributed by atoms with van der Waals surface area (Å²) in [5, 5.41) is 4.57. The molecule has 2 nitrogen and oxygen atoms in total. The summed E-state index contributed by atoms with van der Waals surface area (Å²) in [5.74, 6) is -0.178. The van der Waals surface area contributed by atoms with Gasteiger partial charge in [0.15, 0.2) is 0 Å². The molecule has 0 fully saturated rings. The highest BCUT2D eigenvalue weighted by atomic mass is 19.1. The zero-order valence-electron chi connectivity index (χ0n) is 13.2. The van der Waals surface area contributed by atoms with Crippen molar-refractivity contribution in [1.82, 2.24) is 4.98 Å². The van der Waals surface area contributed by atoms with E-state index in [1.165, 1.54) is 24.1 Å². The predicted octanol–water partition coefficient (Wildman–Crippen LogP) is 5.30. The maximum Gasteiger partial charge on any atom is 0.128 e. The SMILES string of the molecule is Cc1ccc(Nc2c3c(nc4ccccc24)CCCC3)cc1F. The minimum atomic E-state index is -0.178. The molecule has 4 rings (SSSR count). The van der Waals surface area contributed by atoms with Crippen LogP contribution in [-0.2, 0) is 12.8 Å². The molecule has 0 aliphatic heterocycles. The van der Waals surface area contributed by atoms with E-state index in [0.717, 1.165) is 35.1 Å². The number of para-hydroxylation sites is 1. The molecule has 0 bridgehead atoms. The van der Waals surface area contributed by atoms with Gasteiger partial charge in [-0.05, 0) is 61.9 Å². The molecule has 0 saturated carbocycles. The first-order valence-electron chi connectivity index (χ1n) is 8.16. The molecular weight excluding hydrogens is 287 g/mol. The lowest BCUT2D eigenvalue weighted by molar-refractivity contribution is 0.619. The van der Waals surface area contributed by atoms with E-state index in [1.807, 2.05) is 30.3 Å². The highest BCUT2D eigenvalue weighted by Crippen LogP contribution is 2.35. The van der Waals surface area contributed by atoms with E-state index in [-0.39, 0.29) is 5.82 Å². The van der Waals surface area contributed by atoms with Gasteiger partial charge in [0.2, 0.25) is 0 Å². The summed E-state index contributed by atoms with van der Waals surface area (Å²) in [7, 11) is 0. The Morgan fingerprint density at radius 1 is 1.04 bits per heavy atom. The van der Waals surface area contributed by atoms with Crippen LogP contribution in [0.2, 0.25) is 0 Å². The Balaban J connectivity index is 1.88. The number of nitrogens with one attached hydrogen (secondary N) is 1. The first kappa shape index (κ1) is 14.2. The van der Waals surface area contributed by atoms with E-state index in [0.29, 0.717) is 5.56 Å². The van der Waals surface area contributed by atoms with Crippen LogP contribution in [0.1, 0.15) is 29.7 Å². The molecule has 23 heavy (non-hydrogen) atoms. The molecule has 3 aromatic rings. The van der Waals surface area contributed by atoms with E-state index >= 15 is 0 Å². The van der Waals surface area contributed by atoms with Crippen LogP contribution < -0.4 is 5.32 Å². The number of hydrogen-bond donors (Lipinski definition) is 1. The molecule has 116 valence electrons. The molecule has 1 aromatic heterocycles. The van der Waals surface area contributed by atoms with E-state index in [1.54, 1.807) is 13.0 Å². The average Bonchev–Trinajstić information content (AvgIpc) is 2.58. The van der Waals surface area contributed by atoms with Crippen LogP contribution in [0.4, 0.5) is 15.8 Å². The van der Waals surface area contributed by atoms with Crippen molar-refractivity contribution in [1.29, 1.82) is 0 Å². The number of aromatic nitrogens is 1. The Kier molecular flexibility index (Phi) is 3.49. The van der Waals surface area contributed by atoms with Crippen LogP contribution in [0.15, 0.2) is 42.5 Å². The molecule has 0 unspecified atom stereocenters. The van der Waals surface area contributed by atoms with Gasteiger partial charge in [-0.3, -0.25) is 4.98 Å². The molecule has 0 atom stereocenters.